The number of anilines is 1. The Morgan fingerprint density at radius 1 is 1.32 bits per heavy atom. The van der Waals surface area contributed by atoms with E-state index in [2.05, 4.69) is 5.32 Å². The molecule has 1 atom stereocenters. The fourth-order valence-corrected chi connectivity index (χ4v) is 2.03. The maximum atomic E-state index is 12.1. The van der Waals surface area contributed by atoms with Crippen molar-refractivity contribution >= 4 is 17.5 Å². The molecule has 0 aromatic heterocycles. The normalized spacial score (nSPS) is 18.0. The molecule has 0 spiro atoms. The van der Waals surface area contributed by atoms with E-state index in [-0.39, 0.29) is 11.5 Å². The van der Waals surface area contributed by atoms with E-state index in [1.807, 2.05) is 0 Å². The first-order chi connectivity index (χ1) is 10.3. The van der Waals surface area contributed by atoms with E-state index in [1.165, 1.54) is 18.2 Å². The Bertz CT molecular complexity index is 555. The monoisotopic (exact) mass is 316 g/mol. The highest BCUT2D eigenvalue weighted by atomic mass is 19.4. The number of rotatable bonds is 4. The lowest BCUT2D eigenvalue weighted by atomic mass is 10.1. The zero-order chi connectivity index (χ0) is 16.2. The van der Waals surface area contributed by atoms with Crippen LogP contribution in [0.5, 0.6) is 0 Å². The number of carbonyl (C=O) groups excluding carboxylic acids is 2. The lowest BCUT2D eigenvalue weighted by molar-refractivity contribution is -0.124. The summed E-state index contributed by atoms with van der Waals surface area (Å²) in [5.74, 6) is -1.18. The largest absolute Gasteiger partial charge is 0.405 e. The summed E-state index contributed by atoms with van der Waals surface area (Å²) in [7, 11) is 0. The highest BCUT2D eigenvalue weighted by molar-refractivity contribution is 5.98. The molecule has 22 heavy (non-hydrogen) atoms. The van der Waals surface area contributed by atoms with Gasteiger partial charge in [-0.1, -0.05) is 6.07 Å². The first-order valence-electron chi connectivity index (χ1n) is 6.72. The molecule has 1 aromatic carbocycles. The minimum Gasteiger partial charge on any atom is -0.368 e. The van der Waals surface area contributed by atoms with Crippen molar-refractivity contribution in [3.05, 3.63) is 29.8 Å². The van der Waals surface area contributed by atoms with Gasteiger partial charge < -0.3 is 15.4 Å². The number of hydrogen-bond acceptors (Lipinski definition) is 3. The standard InChI is InChI=1S/C14H15F3N2O3/c15-14(16,17)8-18-12(20)9-3-1-4-10(7-9)19-13(21)11-5-2-6-22-11/h1,3-4,7,11H,2,5-6,8H2,(H,18,20)(H,19,21). The molecule has 2 rings (SSSR count). The lowest BCUT2D eigenvalue weighted by Gasteiger charge is -2.12. The summed E-state index contributed by atoms with van der Waals surface area (Å²) in [4.78, 5) is 23.5. The number of hydrogen-bond donors (Lipinski definition) is 2. The zero-order valence-corrected chi connectivity index (χ0v) is 11.6. The molecule has 0 bridgehead atoms. The van der Waals surface area contributed by atoms with Crippen molar-refractivity contribution in [1.29, 1.82) is 0 Å². The Kier molecular flexibility index (Phi) is 5.02. The van der Waals surface area contributed by atoms with Crippen LogP contribution >= 0.6 is 0 Å². The highest BCUT2D eigenvalue weighted by Crippen LogP contribution is 2.17. The summed E-state index contributed by atoms with van der Waals surface area (Å²) >= 11 is 0. The van der Waals surface area contributed by atoms with Crippen LogP contribution < -0.4 is 10.6 Å². The van der Waals surface area contributed by atoms with Crippen LogP contribution in [-0.2, 0) is 9.53 Å². The fraction of sp³-hybridized carbons (Fsp3) is 0.429. The molecule has 0 aliphatic carbocycles. The third-order valence-electron chi connectivity index (χ3n) is 3.06. The van der Waals surface area contributed by atoms with Gasteiger partial charge in [0.05, 0.1) is 0 Å². The molecule has 0 radical (unpaired) electrons. The minimum atomic E-state index is -4.47. The van der Waals surface area contributed by atoms with Crippen molar-refractivity contribution in [2.75, 3.05) is 18.5 Å². The number of nitrogens with one attached hydrogen (secondary N) is 2. The number of ether oxygens (including phenoxy) is 1. The van der Waals surface area contributed by atoms with Gasteiger partial charge in [-0.15, -0.1) is 0 Å². The number of amides is 2. The van der Waals surface area contributed by atoms with Crippen LogP contribution in [0.2, 0.25) is 0 Å². The summed E-state index contributed by atoms with van der Waals surface area (Å²) < 4.78 is 41.4. The molecule has 1 heterocycles. The Morgan fingerprint density at radius 2 is 2.09 bits per heavy atom. The smallest absolute Gasteiger partial charge is 0.368 e. The van der Waals surface area contributed by atoms with Crippen molar-refractivity contribution in [1.82, 2.24) is 5.32 Å². The van der Waals surface area contributed by atoms with Gasteiger partial charge in [0.1, 0.15) is 12.6 Å². The van der Waals surface area contributed by atoms with Crippen LogP contribution in [0, 0.1) is 0 Å². The van der Waals surface area contributed by atoms with Crippen molar-refractivity contribution in [3.63, 3.8) is 0 Å². The van der Waals surface area contributed by atoms with Crippen LogP contribution in [0.1, 0.15) is 23.2 Å². The maximum Gasteiger partial charge on any atom is 0.405 e. The third-order valence-corrected chi connectivity index (χ3v) is 3.06. The van der Waals surface area contributed by atoms with Gasteiger partial charge in [-0.25, -0.2) is 0 Å². The van der Waals surface area contributed by atoms with E-state index < -0.39 is 24.7 Å². The molecule has 1 aliphatic heterocycles. The molecule has 1 fully saturated rings. The first-order valence-corrected chi connectivity index (χ1v) is 6.72. The minimum absolute atomic E-state index is 0.0365. The van der Waals surface area contributed by atoms with E-state index in [0.717, 1.165) is 6.42 Å². The number of alkyl halides is 3. The third kappa shape index (κ3) is 4.73. The zero-order valence-electron chi connectivity index (χ0n) is 11.6. The van der Waals surface area contributed by atoms with Crippen LogP contribution in [-0.4, -0.2) is 37.2 Å². The summed E-state index contributed by atoms with van der Waals surface area (Å²) in [6.45, 7) is -0.879. The van der Waals surface area contributed by atoms with Crippen LogP contribution in [0.25, 0.3) is 0 Å². The van der Waals surface area contributed by atoms with Gasteiger partial charge in [-0.05, 0) is 31.0 Å². The molecule has 1 unspecified atom stereocenters. The maximum absolute atomic E-state index is 12.1. The summed E-state index contributed by atoms with van der Waals surface area (Å²) in [5, 5.41) is 4.36. The average molecular weight is 316 g/mol. The van der Waals surface area contributed by atoms with Gasteiger partial charge in [-0.2, -0.15) is 13.2 Å². The van der Waals surface area contributed by atoms with Crippen LogP contribution in [0.3, 0.4) is 0 Å². The molecule has 0 saturated carbocycles. The van der Waals surface area contributed by atoms with E-state index in [1.54, 1.807) is 11.4 Å². The summed E-state index contributed by atoms with van der Waals surface area (Å²) in [6, 6.07) is 5.72. The predicted molar refractivity (Wildman–Crippen MR) is 72.4 cm³/mol. The molecular formula is C14H15F3N2O3. The molecular weight excluding hydrogens is 301 g/mol. The quantitative estimate of drug-likeness (QED) is 0.894. The lowest BCUT2D eigenvalue weighted by Crippen LogP contribution is -2.33. The van der Waals surface area contributed by atoms with Crippen molar-refractivity contribution in [2.24, 2.45) is 0 Å². The molecule has 1 aliphatic rings. The Hall–Kier alpha value is -2.09. The molecule has 1 saturated heterocycles. The Morgan fingerprint density at radius 3 is 2.73 bits per heavy atom. The molecule has 5 nitrogen and oxygen atoms in total. The number of halogens is 3. The molecule has 2 amide bonds. The molecule has 2 N–H and O–H groups in total. The van der Waals surface area contributed by atoms with Gasteiger partial charge in [0.25, 0.3) is 11.8 Å². The topological polar surface area (TPSA) is 67.4 Å². The van der Waals surface area contributed by atoms with Gasteiger partial charge in [0.15, 0.2) is 0 Å². The second kappa shape index (κ2) is 6.78. The Labute approximate surface area is 124 Å². The first kappa shape index (κ1) is 16.3. The van der Waals surface area contributed by atoms with Gasteiger partial charge in [-0.3, -0.25) is 9.59 Å². The van der Waals surface area contributed by atoms with E-state index >= 15 is 0 Å². The van der Waals surface area contributed by atoms with Crippen molar-refractivity contribution < 1.29 is 27.5 Å². The average Bonchev–Trinajstić information content (AvgIpc) is 2.98. The fourth-order valence-electron chi connectivity index (χ4n) is 2.03. The predicted octanol–water partition coefficient (Wildman–Crippen LogP) is 2.10. The van der Waals surface area contributed by atoms with Gasteiger partial charge in [0, 0.05) is 17.9 Å². The Balaban J connectivity index is 1.97. The molecule has 8 heteroatoms. The molecule has 120 valence electrons. The van der Waals surface area contributed by atoms with Gasteiger partial charge in [0.2, 0.25) is 0 Å². The van der Waals surface area contributed by atoms with Crippen LogP contribution in [0.15, 0.2) is 24.3 Å². The van der Waals surface area contributed by atoms with E-state index in [9.17, 15) is 22.8 Å². The van der Waals surface area contributed by atoms with Crippen LogP contribution in [0.4, 0.5) is 18.9 Å². The molecule has 1 aromatic rings. The number of carbonyl (C=O) groups is 2. The number of benzene rings is 1. The second-order valence-corrected chi connectivity index (χ2v) is 4.87. The summed E-state index contributed by atoms with van der Waals surface area (Å²) in [6.07, 6.45) is -3.57. The van der Waals surface area contributed by atoms with Gasteiger partial charge >= 0.3 is 6.18 Å². The SMILES string of the molecule is O=C(NCC(F)(F)F)c1cccc(NC(=O)C2CCCO2)c1. The van der Waals surface area contributed by atoms with Crippen molar-refractivity contribution in [3.8, 4) is 0 Å². The summed E-state index contributed by atoms with van der Waals surface area (Å²) in [5.41, 5.74) is 0.370. The second-order valence-electron chi connectivity index (χ2n) is 4.87. The van der Waals surface area contributed by atoms with E-state index in [0.29, 0.717) is 18.7 Å². The highest BCUT2D eigenvalue weighted by Gasteiger charge is 2.28. The van der Waals surface area contributed by atoms with E-state index in [4.69, 9.17) is 4.74 Å². The van der Waals surface area contributed by atoms with Crippen molar-refractivity contribution in [2.45, 2.75) is 25.1 Å².